The van der Waals surface area contributed by atoms with Crippen molar-refractivity contribution in [3.8, 4) is 5.75 Å². The molecule has 3 aromatic rings. The van der Waals surface area contributed by atoms with E-state index in [4.69, 9.17) is 55.9 Å². The van der Waals surface area contributed by atoms with Gasteiger partial charge in [0.15, 0.2) is 0 Å². The molecule has 0 heterocycles. The van der Waals surface area contributed by atoms with Gasteiger partial charge in [0.1, 0.15) is 12.4 Å². The Morgan fingerprint density at radius 2 is 1.45 bits per heavy atom. The second-order valence-electron chi connectivity index (χ2n) is 8.65. The summed E-state index contributed by atoms with van der Waals surface area (Å²) in [6.07, 6.45) is 7.17. The molecule has 0 saturated carbocycles. The average molecular weight is 623 g/mol. The first-order valence-corrected chi connectivity index (χ1v) is 13.7. The van der Waals surface area contributed by atoms with Gasteiger partial charge in [-0.3, -0.25) is 4.79 Å². The van der Waals surface area contributed by atoms with E-state index < -0.39 is 24.0 Å². The number of allylic oxidation sites excluding steroid dienone is 3. The molecule has 2 atom stereocenters. The quantitative estimate of drug-likeness (QED) is 0.197. The number of alkyl carbamates (subject to hydrolysis) is 1. The molecule has 40 heavy (non-hydrogen) atoms. The Morgan fingerprint density at radius 1 is 0.850 bits per heavy atom. The Kier molecular flexibility index (Phi) is 12.2. The lowest BCUT2D eigenvalue weighted by Crippen LogP contribution is -2.29. The Bertz CT molecular complexity index is 1390. The van der Waals surface area contributed by atoms with Crippen molar-refractivity contribution in [2.45, 2.75) is 31.4 Å². The molecule has 2 N–H and O–H groups in total. The van der Waals surface area contributed by atoms with Crippen molar-refractivity contribution in [3.63, 3.8) is 0 Å². The summed E-state index contributed by atoms with van der Waals surface area (Å²) >= 11 is 24.3. The highest BCUT2D eigenvalue weighted by Crippen LogP contribution is 2.29. The summed E-state index contributed by atoms with van der Waals surface area (Å²) in [6, 6.07) is 16.7. The molecule has 0 aliphatic rings. The molecule has 3 rings (SSSR count). The molecule has 0 aliphatic carbocycles. The highest BCUT2D eigenvalue weighted by atomic mass is 35.5. The predicted octanol–water partition coefficient (Wildman–Crippen LogP) is 9.04. The number of hydrogen-bond donors (Lipinski definition) is 2. The second kappa shape index (κ2) is 15.6. The van der Waals surface area contributed by atoms with Crippen LogP contribution in [0.5, 0.6) is 5.75 Å². The fourth-order valence-corrected chi connectivity index (χ4v) is 4.47. The third-order valence-electron chi connectivity index (χ3n) is 5.96. The van der Waals surface area contributed by atoms with Crippen LogP contribution in [0.4, 0.5) is 4.79 Å². The zero-order valence-electron chi connectivity index (χ0n) is 21.5. The maximum atomic E-state index is 12.7. The van der Waals surface area contributed by atoms with Gasteiger partial charge in [-0.25, -0.2) is 4.79 Å². The predicted molar refractivity (Wildman–Crippen MR) is 160 cm³/mol. The topological polar surface area (TPSA) is 84.9 Å². The van der Waals surface area contributed by atoms with Gasteiger partial charge in [-0.2, -0.15) is 0 Å². The summed E-state index contributed by atoms with van der Waals surface area (Å²) in [6.45, 7) is 0.0338. The molecule has 0 spiro atoms. The number of rotatable bonds is 12. The highest BCUT2D eigenvalue weighted by molar-refractivity contribution is 6.42. The first-order chi connectivity index (χ1) is 19.2. The monoisotopic (exact) mass is 621 g/mol. The number of carboxylic acids is 1. The lowest BCUT2D eigenvalue weighted by Gasteiger charge is -2.18. The highest BCUT2D eigenvalue weighted by Gasteiger charge is 2.19. The minimum absolute atomic E-state index is 0.0338. The number of benzene rings is 3. The largest absolute Gasteiger partial charge is 0.496 e. The molecule has 1 unspecified atom stereocenters. The van der Waals surface area contributed by atoms with E-state index in [1.807, 2.05) is 24.3 Å². The van der Waals surface area contributed by atoms with Gasteiger partial charge >= 0.3 is 12.1 Å². The van der Waals surface area contributed by atoms with Crippen molar-refractivity contribution in [1.29, 1.82) is 0 Å². The average Bonchev–Trinajstić information content (AvgIpc) is 2.94. The summed E-state index contributed by atoms with van der Waals surface area (Å²) in [4.78, 5) is 24.4. The molecule has 0 saturated heterocycles. The molecule has 0 radical (unpaired) electrons. The number of aliphatic carboxylic acids is 1. The lowest BCUT2D eigenvalue weighted by molar-refractivity contribution is -0.138. The number of carbonyl (C=O) groups excluding carboxylic acids is 1. The fraction of sp³-hybridized carbons (Fsp3) is 0.200. The molecule has 0 bridgehead atoms. The van der Waals surface area contributed by atoms with Gasteiger partial charge < -0.3 is 19.9 Å². The van der Waals surface area contributed by atoms with Crippen LogP contribution >= 0.6 is 46.4 Å². The van der Waals surface area contributed by atoms with Crippen LogP contribution in [0.2, 0.25) is 20.1 Å². The van der Waals surface area contributed by atoms with Crippen molar-refractivity contribution in [1.82, 2.24) is 5.32 Å². The van der Waals surface area contributed by atoms with Crippen LogP contribution in [0.15, 0.2) is 85.0 Å². The maximum absolute atomic E-state index is 12.7. The van der Waals surface area contributed by atoms with Crippen LogP contribution in [0.3, 0.4) is 0 Å². The summed E-state index contributed by atoms with van der Waals surface area (Å²) in [5.41, 5.74) is 2.03. The molecule has 10 heteroatoms. The van der Waals surface area contributed by atoms with E-state index in [2.05, 4.69) is 5.32 Å². The van der Waals surface area contributed by atoms with Crippen molar-refractivity contribution in [2.75, 3.05) is 7.11 Å². The smallest absolute Gasteiger partial charge is 0.407 e. The lowest BCUT2D eigenvalue weighted by atomic mass is 9.95. The zero-order chi connectivity index (χ0) is 29.1. The van der Waals surface area contributed by atoms with E-state index in [1.165, 1.54) is 0 Å². The van der Waals surface area contributed by atoms with Crippen molar-refractivity contribution < 1.29 is 24.2 Å². The van der Waals surface area contributed by atoms with Gasteiger partial charge in [0.2, 0.25) is 0 Å². The first kappa shape index (κ1) is 31.4. The molecule has 0 aromatic heterocycles. The Labute approximate surface area is 253 Å². The minimum Gasteiger partial charge on any atom is -0.496 e. The molecule has 1 amide bonds. The number of amides is 1. The van der Waals surface area contributed by atoms with E-state index in [0.717, 1.165) is 11.1 Å². The van der Waals surface area contributed by atoms with Crippen molar-refractivity contribution in [2.24, 2.45) is 0 Å². The number of halogens is 4. The summed E-state index contributed by atoms with van der Waals surface area (Å²) < 4.78 is 10.7. The number of ether oxygens (including phenoxy) is 2. The minimum atomic E-state index is -0.970. The standard InChI is InChI=1S/C30H27Cl4NO5/c1-39-28-11-7-6-8-21(28)18-40-30(38)35-27(20-13-15-24(32)26(34)17-20)10-5-3-2-4-9-22(29(36)37)19-12-14-23(31)25(33)16-19/h2-8,11-17,22,27H,9-10,18H2,1H3,(H,35,38)(H,36,37)/t22?,27-/m0/s1. The van der Waals surface area contributed by atoms with E-state index in [1.54, 1.807) is 67.8 Å². The van der Waals surface area contributed by atoms with Gasteiger partial charge in [0.05, 0.1) is 39.2 Å². The summed E-state index contributed by atoms with van der Waals surface area (Å²) in [5, 5.41) is 13.9. The summed E-state index contributed by atoms with van der Waals surface area (Å²) in [7, 11) is 1.55. The number of methoxy groups -OCH3 is 1. The van der Waals surface area contributed by atoms with Crippen LogP contribution in [0, 0.1) is 0 Å². The molecular weight excluding hydrogens is 596 g/mol. The van der Waals surface area contributed by atoms with E-state index in [0.29, 0.717) is 37.8 Å². The summed E-state index contributed by atoms with van der Waals surface area (Å²) in [5.74, 6) is -1.12. The molecule has 0 aliphatic heterocycles. The maximum Gasteiger partial charge on any atom is 0.407 e. The van der Waals surface area contributed by atoms with Crippen LogP contribution in [0.1, 0.15) is 41.5 Å². The Balaban J connectivity index is 1.65. The number of para-hydroxylation sites is 1. The van der Waals surface area contributed by atoms with Gasteiger partial charge in [-0.15, -0.1) is 0 Å². The second-order valence-corrected chi connectivity index (χ2v) is 10.3. The van der Waals surface area contributed by atoms with E-state index in [-0.39, 0.29) is 13.0 Å². The van der Waals surface area contributed by atoms with Crippen LogP contribution in [-0.2, 0) is 16.1 Å². The van der Waals surface area contributed by atoms with Gasteiger partial charge in [-0.1, -0.05) is 101 Å². The first-order valence-electron chi connectivity index (χ1n) is 12.2. The number of nitrogens with one attached hydrogen (secondary N) is 1. The van der Waals surface area contributed by atoms with Gasteiger partial charge in [0, 0.05) is 5.56 Å². The third-order valence-corrected chi connectivity index (χ3v) is 7.44. The molecular formula is C30H27Cl4NO5. The third kappa shape index (κ3) is 9.20. The Morgan fingerprint density at radius 3 is 2.08 bits per heavy atom. The van der Waals surface area contributed by atoms with Crippen LogP contribution < -0.4 is 10.1 Å². The number of carboxylic acid groups (broad SMARTS) is 1. The normalized spacial score (nSPS) is 12.8. The SMILES string of the molecule is COc1ccccc1COC(=O)N[C@@H](CC=CC=CCC(C(=O)O)c1ccc(Cl)c(Cl)c1)c1ccc(Cl)c(Cl)c1. The van der Waals surface area contributed by atoms with Crippen molar-refractivity contribution in [3.05, 3.63) is 122 Å². The van der Waals surface area contributed by atoms with Crippen molar-refractivity contribution >= 4 is 58.5 Å². The molecule has 6 nitrogen and oxygen atoms in total. The van der Waals surface area contributed by atoms with Crippen LogP contribution in [0.25, 0.3) is 0 Å². The molecule has 3 aromatic carbocycles. The fourth-order valence-electron chi connectivity index (χ4n) is 3.85. The molecule has 210 valence electrons. The van der Waals surface area contributed by atoms with Gasteiger partial charge in [0.25, 0.3) is 0 Å². The Hall–Kier alpha value is -3.16. The molecule has 0 fully saturated rings. The van der Waals surface area contributed by atoms with E-state index in [9.17, 15) is 14.7 Å². The van der Waals surface area contributed by atoms with Gasteiger partial charge in [-0.05, 0) is 54.3 Å². The number of carbonyl (C=O) groups is 2. The zero-order valence-corrected chi connectivity index (χ0v) is 24.5. The van der Waals surface area contributed by atoms with E-state index >= 15 is 0 Å². The number of hydrogen-bond acceptors (Lipinski definition) is 4. The van der Waals surface area contributed by atoms with Crippen LogP contribution in [-0.4, -0.2) is 24.3 Å².